The standard InChI is InChI=1S/C17H29N3/c1-3-14-6-5-10-20(11-9-14)17-8-7-15(13-19-17)12-16(18)4-2/h7-8,13-14,16H,3-6,9-12,18H2,1-2H3. The summed E-state index contributed by atoms with van der Waals surface area (Å²) < 4.78 is 0. The van der Waals surface area contributed by atoms with Crippen LogP contribution in [0.1, 0.15) is 51.5 Å². The molecule has 1 saturated heterocycles. The molecule has 2 rings (SSSR count). The topological polar surface area (TPSA) is 42.1 Å². The SMILES string of the molecule is CCC(N)Cc1ccc(N2CCCC(CC)CC2)nc1. The summed E-state index contributed by atoms with van der Waals surface area (Å²) in [7, 11) is 0. The Bertz CT molecular complexity index is 388. The summed E-state index contributed by atoms with van der Waals surface area (Å²) in [5.74, 6) is 2.04. The lowest BCUT2D eigenvalue weighted by molar-refractivity contribution is 0.459. The number of anilines is 1. The predicted molar refractivity (Wildman–Crippen MR) is 86.1 cm³/mol. The summed E-state index contributed by atoms with van der Waals surface area (Å²) in [6.45, 7) is 6.74. The van der Waals surface area contributed by atoms with E-state index in [1.165, 1.54) is 31.2 Å². The third kappa shape index (κ3) is 4.20. The van der Waals surface area contributed by atoms with E-state index in [0.29, 0.717) is 0 Å². The van der Waals surface area contributed by atoms with Crippen LogP contribution in [0.4, 0.5) is 5.82 Å². The molecule has 1 aliphatic rings. The minimum absolute atomic E-state index is 0.256. The number of rotatable bonds is 5. The molecule has 1 fully saturated rings. The molecule has 2 atom stereocenters. The molecule has 2 N–H and O–H groups in total. The number of aromatic nitrogens is 1. The van der Waals surface area contributed by atoms with Gasteiger partial charge >= 0.3 is 0 Å². The Kier molecular flexibility index (Phi) is 5.84. The largest absolute Gasteiger partial charge is 0.357 e. The summed E-state index contributed by atoms with van der Waals surface area (Å²) in [5.41, 5.74) is 7.25. The van der Waals surface area contributed by atoms with Crippen LogP contribution < -0.4 is 10.6 Å². The fourth-order valence-corrected chi connectivity index (χ4v) is 2.97. The van der Waals surface area contributed by atoms with Gasteiger partial charge in [-0.05, 0) is 49.7 Å². The average molecular weight is 275 g/mol. The molecule has 0 radical (unpaired) electrons. The van der Waals surface area contributed by atoms with E-state index in [2.05, 4.69) is 35.9 Å². The predicted octanol–water partition coefficient (Wildman–Crippen LogP) is 3.38. The molecule has 112 valence electrons. The highest BCUT2D eigenvalue weighted by atomic mass is 15.2. The summed E-state index contributed by atoms with van der Waals surface area (Å²) >= 11 is 0. The van der Waals surface area contributed by atoms with E-state index < -0.39 is 0 Å². The van der Waals surface area contributed by atoms with Gasteiger partial charge in [-0.25, -0.2) is 4.98 Å². The second-order valence-corrected chi connectivity index (χ2v) is 6.09. The molecule has 0 saturated carbocycles. The second-order valence-electron chi connectivity index (χ2n) is 6.09. The first-order chi connectivity index (χ1) is 9.72. The van der Waals surface area contributed by atoms with Gasteiger partial charge in [-0.2, -0.15) is 0 Å². The van der Waals surface area contributed by atoms with Gasteiger partial charge in [0.2, 0.25) is 0 Å². The van der Waals surface area contributed by atoms with Crippen LogP contribution in [0, 0.1) is 5.92 Å². The molecule has 0 spiro atoms. The number of nitrogens with two attached hydrogens (primary N) is 1. The molecule has 20 heavy (non-hydrogen) atoms. The van der Waals surface area contributed by atoms with Gasteiger partial charge in [0.1, 0.15) is 5.82 Å². The normalized spacial score (nSPS) is 21.6. The Labute approximate surface area is 123 Å². The van der Waals surface area contributed by atoms with Crippen molar-refractivity contribution in [3.63, 3.8) is 0 Å². The quantitative estimate of drug-likeness (QED) is 0.895. The Morgan fingerprint density at radius 1 is 1.30 bits per heavy atom. The zero-order chi connectivity index (χ0) is 14.4. The molecule has 3 nitrogen and oxygen atoms in total. The summed E-state index contributed by atoms with van der Waals surface area (Å²) in [6, 6.07) is 4.62. The number of hydrogen-bond donors (Lipinski definition) is 1. The first-order valence-electron chi connectivity index (χ1n) is 8.18. The summed E-state index contributed by atoms with van der Waals surface area (Å²) in [6.07, 6.45) is 9.25. The van der Waals surface area contributed by atoms with Gasteiger partial charge in [-0.3, -0.25) is 0 Å². The van der Waals surface area contributed by atoms with Crippen molar-refractivity contribution in [3.05, 3.63) is 23.9 Å². The highest BCUT2D eigenvalue weighted by Gasteiger charge is 2.16. The van der Waals surface area contributed by atoms with Crippen molar-refractivity contribution in [2.24, 2.45) is 11.7 Å². The second kappa shape index (κ2) is 7.63. The maximum absolute atomic E-state index is 6.00. The van der Waals surface area contributed by atoms with E-state index in [9.17, 15) is 0 Å². The molecule has 2 unspecified atom stereocenters. The third-order valence-corrected chi connectivity index (χ3v) is 4.58. The average Bonchev–Trinajstić information content (AvgIpc) is 2.73. The maximum Gasteiger partial charge on any atom is 0.128 e. The molecular weight excluding hydrogens is 246 g/mol. The summed E-state index contributed by atoms with van der Waals surface area (Å²) in [5, 5.41) is 0. The van der Waals surface area contributed by atoms with Crippen molar-refractivity contribution in [1.29, 1.82) is 0 Å². The Morgan fingerprint density at radius 2 is 2.15 bits per heavy atom. The Balaban J connectivity index is 1.95. The summed E-state index contributed by atoms with van der Waals surface area (Å²) in [4.78, 5) is 7.10. The van der Waals surface area contributed by atoms with Crippen LogP contribution in [0.2, 0.25) is 0 Å². The van der Waals surface area contributed by atoms with Gasteiger partial charge in [0.05, 0.1) is 0 Å². The smallest absolute Gasteiger partial charge is 0.128 e. The van der Waals surface area contributed by atoms with E-state index in [-0.39, 0.29) is 6.04 Å². The van der Waals surface area contributed by atoms with Gasteiger partial charge in [-0.15, -0.1) is 0 Å². The van der Waals surface area contributed by atoms with E-state index in [4.69, 9.17) is 5.73 Å². The molecule has 0 aromatic carbocycles. The molecular formula is C17H29N3. The van der Waals surface area contributed by atoms with E-state index >= 15 is 0 Å². The van der Waals surface area contributed by atoms with Crippen LogP contribution in [0.25, 0.3) is 0 Å². The van der Waals surface area contributed by atoms with E-state index in [1.807, 2.05) is 6.20 Å². The van der Waals surface area contributed by atoms with Crippen molar-refractivity contribution in [2.45, 2.75) is 58.4 Å². The van der Waals surface area contributed by atoms with Crippen LogP contribution >= 0.6 is 0 Å². The van der Waals surface area contributed by atoms with Crippen LogP contribution in [-0.4, -0.2) is 24.1 Å². The highest BCUT2D eigenvalue weighted by Crippen LogP contribution is 2.23. The Morgan fingerprint density at radius 3 is 2.80 bits per heavy atom. The Hall–Kier alpha value is -1.09. The van der Waals surface area contributed by atoms with Crippen molar-refractivity contribution < 1.29 is 0 Å². The molecule has 1 aromatic heterocycles. The van der Waals surface area contributed by atoms with Crippen LogP contribution in [0.5, 0.6) is 0 Å². The molecule has 1 aromatic rings. The molecule has 3 heteroatoms. The highest BCUT2D eigenvalue weighted by molar-refractivity contribution is 5.39. The molecule has 2 heterocycles. The van der Waals surface area contributed by atoms with Crippen molar-refractivity contribution in [2.75, 3.05) is 18.0 Å². The fraction of sp³-hybridized carbons (Fsp3) is 0.706. The van der Waals surface area contributed by atoms with E-state index in [1.54, 1.807) is 0 Å². The van der Waals surface area contributed by atoms with Crippen molar-refractivity contribution in [1.82, 2.24) is 4.98 Å². The lowest BCUT2D eigenvalue weighted by atomic mass is 9.98. The zero-order valence-corrected chi connectivity index (χ0v) is 13.0. The van der Waals surface area contributed by atoms with Crippen LogP contribution in [0.3, 0.4) is 0 Å². The van der Waals surface area contributed by atoms with Gasteiger partial charge in [0.25, 0.3) is 0 Å². The van der Waals surface area contributed by atoms with Gasteiger partial charge in [-0.1, -0.05) is 26.3 Å². The third-order valence-electron chi connectivity index (χ3n) is 4.58. The molecule has 1 aliphatic heterocycles. The minimum atomic E-state index is 0.256. The van der Waals surface area contributed by atoms with Crippen LogP contribution in [0.15, 0.2) is 18.3 Å². The van der Waals surface area contributed by atoms with Gasteiger partial charge in [0.15, 0.2) is 0 Å². The minimum Gasteiger partial charge on any atom is -0.357 e. The van der Waals surface area contributed by atoms with Gasteiger partial charge in [0, 0.05) is 25.3 Å². The number of pyridine rings is 1. The van der Waals surface area contributed by atoms with E-state index in [0.717, 1.165) is 37.7 Å². The first-order valence-corrected chi connectivity index (χ1v) is 8.18. The molecule has 0 bridgehead atoms. The van der Waals surface area contributed by atoms with Crippen LogP contribution in [-0.2, 0) is 6.42 Å². The lowest BCUT2D eigenvalue weighted by Gasteiger charge is -2.22. The molecule has 0 aliphatic carbocycles. The fourth-order valence-electron chi connectivity index (χ4n) is 2.97. The van der Waals surface area contributed by atoms with Crippen molar-refractivity contribution in [3.8, 4) is 0 Å². The first kappa shape index (κ1) is 15.3. The zero-order valence-electron chi connectivity index (χ0n) is 13.0. The number of hydrogen-bond acceptors (Lipinski definition) is 3. The molecule has 0 amide bonds. The van der Waals surface area contributed by atoms with Crippen molar-refractivity contribution >= 4 is 5.82 Å². The lowest BCUT2D eigenvalue weighted by Crippen LogP contribution is -2.25. The number of nitrogens with zero attached hydrogens (tertiary/aromatic N) is 2. The monoisotopic (exact) mass is 275 g/mol. The van der Waals surface area contributed by atoms with Gasteiger partial charge < -0.3 is 10.6 Å². The maximum atomic E-state index is 6.00.